The molecule has 3 heterocycles. The molecule has 120 valence electrons. The van der Waals surface area contributed by atoms with Crippen LogP contribution in [-0.2, 0) is 23.2 Å². The second-order valence-electron chi connectivity index (χ2n) is 6.64. The number of fused-ring (bicyclic) bond motifs is 1. The number of pyridine rings is 1. The topological polar surface area (TPSA) is 68.2 Å². The van der Waals surface area contributed by atoms with E-state index in [-0.39, 0.29) is 11.4 Å². The Morgan fingerprint density at radius 3 is 2.74 bits per heavy atom. The van der Waals surface area contributed by atoms with Crippen LogP contribution in [0.1, 0.15) is 48.2 Å². The number of methoxy groups -OCH3 is 1. The lowest BCUT2D eigenvalue weighted by Crippen LogP contribution is -2.20. The highest BCUT2D eigenvalue weighted by Crippen LogP contribution is 2.29. The Balaban J connectivity index is 1.93. The third kappa shape index (κ3) is 2.88. The Kier molecular flexibility index (Phi) is 3.75. The largest absolute Gasteiger partial charge is 0.465 e. The average molecular weight is 312 g/mol. The van der Waals surface area contributed by atoms with Crippen LogP contribution < -0.4 is 4.90 Å². The quantitative estimate of drug-likeness (QED) is 0.794. The molecule has 0 fully saturated rings. The lowest BCUT2D eigenvalue weighted by molar-refractivity contribution is 0.0601. The Labute approximate surface area is 135 Å². The van der Waals surface area contributed by atoms with Crippen LogP contribution in [0.3, 0.4) is 0 Å². The first-order chi connectivity index (χ1) is 10.9. The number of rotatable bonds is 2. The predicted octanol–water partition coefficient (Wildman–Crippen LogP) is 2.48. The lowest BCUT2D eigenvalue weighted by atomic mass is 9.95. The van der Waals surface area contributed by atoms with Crippen LogP contribution in [0.2, 0.25) is 0 Å². The van der Waals surface area contributed by atoms with Crippen molar-refractivity contribution in [2.24, 2.45) is 0 Å². The number of nitrogens with zero attached hydrogens (tertiary/aromatic N) is 4. The molecule has 0 aromatic carbocycles. The number of carbonyl (C=O) groups excluding carboxylic acids is 1. The molecule has 0 bridgehead atoms. The van der Waals surface area contributed by atoms with Crippen molar-refractivity contribution in [3.63, 3.8) is 0 Å². The third-order valence-corrected chi connectivity index (χ3v) is 3.82. The minimum atomic E-state index is -0.384. The molecule has 0 aliphatic carbocycles. The minimum Gasteiger partial charge on any atom is -0.465 e. The molecule has 0 unspecified atom stereocenters. The summed E-state index contributed by atoms with van der Waals surface area (Å²) < 4.78 is 4.84. The molecular weight excluding hydrogens is 292 g/mol. The molecular formula is C17H20N4O2. The summed E-state index contributed by atoms with van der Waals surface area (Å²) in [6.45, 7) is 7.53. The van der Waals surface area contributed by atoms with Crippen LogP contribution in [0.25, 0.3) is 0 Å². The Bertz CT molecular complexity index is 752. The zero-order valence-electron chi connectivity index (χ0n) is 13.8. The van der Waals surface area contributed by atoms with Crippen LogP contribution in [0, 0.1) is 0 Å². The molecule has 2 aromatic rings. The van der Waals surface area contributed by atoms with E-state index in [2.05, 4.69) is 30.7 Å². The third-order valence-electron chi connectivity index (χ3n) is 3.82. The van der Waals surface area contributed by atoms with Gasteiger partial charge >= 0.3 is 5.97 Å². The fourth-order valence-corrected chi connectivity index (χ4v) is 2.58. The summed E-state index contributed by atoms with van der Waals surface area (Å²) in [5.41, 5.74) is 2.43. The van der Waals surface area contributed by atoms with Crippen LogP contribution >= 0.6 is 0 Å². The van der Waals surface area contributed by atoms with Crippen molar-refractivity contribution in [1.82, 2.24) is 15.0 Å². The summed E-state index contributed by atoms with van der Waals surface area (Å²) in [4.78, 5) is 27.5. The van der Waals surface area contributed by atoms with Gasteiger partial charge in [0.15, 0.2) is 0 Å². The smallest absolute Gasteiger partial charge is 0.341 e. The second kappa shape index (κ2) is 5.61. The molecule has 3 rings (SSSR count). The van der Waals surface area contributed by atoms with Gasteiger partial charge in [-0.15, -0.1) is 0 Å². The van der Waals surface area contributed by atoms with Gasteiger partial charge in [-0.05, 0) is 12.1 Å². The Morgan fingerprint density at radius 2 is 2.04 bits per heavy atom. The molecule has 0 saturated heterocycles. The molecule has 0 radical (unpaired) electrons. The van der Waals surface area contributed by atoms with E-state index in [1.54, 1.807) is 18.3 Å². The average Bonchev–Trinajstić information content (AvgIpc) is 2.96. The van der Waals surface area contributed by atoms with Gasteiger partial charge in [0.05, 0.1) is 19.3 Å². The Morgan fingerprint density at radius 1 is 1.26 bits per heavy atom. The van der Waals surface area contributed by atoms with E-state index in [9.17, 15) is 4.79 Å². The van der Waals surface area contributed by atoms with Gasteiger partial charge in [-0.2, -0.15) is 0 Å². The fraction of sp³-hybridized carbons (Fsp3) is 0.412. The number of esters is 1. The summed E-state index contributed by atoms with van der Waals surface area (Å²) in [5, 5.41) is 0. The van der Waals surface area contributed by atoms with Crippen molar-refractivity contribution in [2.75, 3.05) is 12.0 Å². The molecule has 0 spiro atoms. The molecule has 6 heteroatoms. The van der Waals surface area contributed by atoms with Crippen molar-refractivity contribution in [1.29, 1.82) is 0 Å². The van der Waals surface area contributed by atoms with Crippen molar-refractivity contribution in [3.05, 3.63) is 47.2 Å². The highest BCUT2D eigenvalue weighted by Gasteiger charge is 2.28. The predicted molar refractivity (Wildman–Crippen MR) is 86.2 cm³/mol. The fourth-order valence-electron chi connectivity index (χ4n) is 2.58. The molecule has 6 nitrogen and oxygen atoms in total. The van der Waals surface area contributed by atoms with E-state index in [1.165, 1.54) is 7.11 Å². The summed E-state index contributed by atoms with van der Waals surface area (Å²) in [5.74, 6) is 1.06. The summed E-state index contributed by atoms with van der Waals surface area (Å²) in [7, 11) is 1.37. The van der Waals surface area contributed by atoms with Gasteiger partial charge in [0.25, 0.3) is 0 Å². The van der Waals surface area contributed by atoms with Gasteiger partial charge in [-0.25, -0.2) is 19.7 Å². The zero-order chi connectivity index (χ0) is 16.6. The molecule has 0 saturated carbocycles. The standard InChI is InChI=1S/C17H20N4O2/c1-17(2,3)16-19-8-11-9-21(10-13(11)20-16)14-12(15(22)23-4)6-5-7-18-14/h5-8H,9-10H2,1-4H3. The SMILES string of the molecule is COC(=O)c1cccnc1N1Cc2cnc(C(C)(C)C)nc2C1. The van der Waals surface area contributed by atoms with Crippen molar-refractivity contribution in [3.8, 4) is 0 Å². The summed E-state index contributed by atoms with van der Waals surface area (Å²) in [6, 6.07) is 3.46. The highest BCUT2D eigenvalue weighted by molar-refractivity contribution is 5.94. The first kappa shape index (κ1) is 15.4. The van der Waals surface area contributed by atoms with Crippen molar-refractivity contribution in [2.45, 2.75) is 39.3 Å². The summed E-state index contributed by atoms with van der Waals surface area (Å²) in [6.07, 6.45) is 3.56. The number of carbonyl (C=O) groups is 1. The molecule has 0 atom stereocenters. The Hall–Kier alpha value is -2.50. The van der Waals surface area contributed by atoms with E-state index in [0.29, 0.717) is 24.5 Å². The molecule has 1 aliphatic rings. The number of aromatic nitrogens is 3. The van der Waals surface area contributed by atoms with Crippen LogP contribution in [0.4, 0.5) is 5.82 Å². The molecule has 23 heavy (non-hydrogen) atoms. The number of anilines is 1. The second-order valence-corrected chi connectivity index (χ2v) is 6.64. The number of hydrogen-bond donors (Lipinski definition) is 0. The highest BCUT2D eigenvalue weighted by atomic mass is 16.5. The minimum absolute atomic E-state index is 0.0926. The first-order valence-corrected chi connectivity index (χ1v) is 7.53. The van der Waals surface area contributed by atoms with Gasteiger partial charge < -0.3 is 9.64 Å². The van der Waals surface area contributed by atoms with Crippen molar-refractivity contribution >= 4 is 11.8 Å². The van der Waals surface area contributed by atoms with Crippen LogP contribution in [0.15, 0.2) is 24.5 Å². The first-order valence-electron chi connectivity index (χ1n) is 7.53. The normalized spacial score (nSPS) is 13.8. The molecule has 0 amide bonds. The maximum absolute atomic E-state index is 11.9. The van der Waals surface area contributed by atoms with E-state index in [1.807, 2.05) is 11.1 Å². The number of ether oxygens (including phenoxy) is 1. The molecule has 1 aliphatic heterocycles. The van der Waals surface area contributed by atoms with Crippen LogP contribution in [0.5, 0.6) is 0 Å². The zero-order valence-corrected chi connectivity index (χ0v) is 13.8. The van der Waals surface area contributed by atoms with Gasteiger partial charge in [0, 0.05) is 29.9 Å². The molecule has 0 N–H and O–H groups in total. The van der Waals surface area contributed by atoms with E-state index in [4.69, 9.17) is 9.72 Å². The van der Waals surface area contributed by atoms with E-state index < -0.39 is 0 Å². The van der Waals surface area contributed by atoms with Gasteiger partial charge in [0.2, 0.25) is 0 Å². The summed E-state index contributed by atoms with van der Waals surface area (Å²) >= 11 is 0. The maximum atomic E-state index is 11.9. The molecule has 2 aromatic heterocycles. The van der Waals surface area contributed by atoms with Gasteiger partial charge in [0.1, 0.15) is 17.2 Å². The number of hydrogen-bond acceptors (Lipinski definition) is 6. The van der Waals surface area contributed by atoms with E-state index in [0.717, 1.165) is 17.1 Å². The van der Waals surface area contributed by atoms with Crippen LogP contribution in [-0.4, -0.2) is 28.0 Å². The van der Waals surface area contributed by atoms with Crippen molar-refractivity contribution < 1.29 is 9.53 Å². The monoisotopic (exact) mass is 312 g/mol. The van der Waals surface area contributed by atoms with Gasteiger partial charge in [-0.1, -0.05) is 20.8 Å². The lowest BCUT2D eigenvalue weighted by Gasteiger charge is -2.18. The maximum Gasteiger partial charge on any atom is 0.341 e. The van der Waals surface area contributed by atoms with Gasteiger partial charge in [-0.3, -0.25) is 0 Å². The van der Waals surface area contributed by atoms with E-state index >= 15 is 0 Å².